The number of amides is 2. The summed E-state index contributed by atoms with van der Waals surface area (Å²) in [5.74, 6) is 0.708. The van der Waals surface area contributed by atoms with Crippen LogP contribution in [0.25, 0.3) is 10.1 Å². The van der Waals surface area contributed by atoms with Crippen molar-refractivity contribution in [2.24, 2.45) is 5.92 Å². The van der Waals surface area contributed by atoms with Crippen LogP contribution in [0.15, 0.2) is 78.9 Å². The molecule has 1 aliphatic heterocycles. The molecule has 5 rings (SSSR count). The molecule has 232 valence electrons. The number of hydrogen-bond donors (Lipinski definition) is 1. The Morgan fingerprint density at radius 1 is 0.932 bits per heavy atom. The maximum atomic E-state index is 14.0. The van der Waals surface area contributed by atoms with Gasteiger partial charge in [-0.25, -0.2) is 0 Å². The van der Waals surface area contributed by atoms with Gasteiger partial charge < -0.3 is 15.1 Å². The van der Waals surface area contributed by atoms with E-state index in [9.17, 15) is 9.59 Å². The average Bonchev–Trinajstić information content (AvgIpc) is 3.49. The number of unbranched alkanes of at least 4 members (excludes halogenated alkanes) is 2. The number of carbonyl (C=O) groups excluding carboxylic acids is 2. The third kappa shape index (κ3) is 8.58. The first-order valence-electron chi connectivity index (χ1n) is 16.4. The number of thiophene rings is 1. The summed E-state index contributed by atoms with van der Waals surface area (Å²) >= 11 is 1.50. The number of anilines is 1. The first kappa shape index (κ1) is 31.9. The van der Waals surface area contributed by atoms with Crippen molar-refractivity contribution in [1.82, 2.24) is 9.80 Å². The zero-order chi connectivity index (χ0) is 30.9. The molecule has 0 bridgehead atoms. The maximum Gasteiger partial charge on any atom is 0.265 e. The summed E-state index contributed by atoms with van der Waals surface area (Å²) in [6.45, 7) is 10.5. The zero-order valence-electron chi connectivity index (χ0n) is 26.6. The number of rotatable bonds is 13. The van der Waals surface area contributed by atoms with Crippen molar-refractivity contribution in [3.05, 3.63) is 100 Å². The van der Waals surface area contributed by atoms with Gasteiger partial charge in [-0.2, -0.15) is 0 Å². The van der Waals surface area contributed by atoms with Gasteiger partial charge in [0.25, 0.3) is 11.8 Å². The molecule has 1 fully saturated rings. The summed E-state index contributed by atoms with van der Waals surface area (Å²) < 4.78 is 1.11. The first-order valence-corrected chi connectivity index (χ1v) is 17.2. The van der Waals surface area contributed by atoms with Crippen molar-refractivity contribution in [3.8, 4) is 0 Å². The lowest BCUT2D eigenvalue weighted by Gasteiger charge is -2.39. The Morgan fingerprint density at radius 3 is 2.32 bits per heavy atom. The van der Waals surface area contributed by atoms with Gasteiger partial charge in [0.2, 0.25) is 0 Å². The van der Waals surface area contributed by atoms with Crippen LogP contribution in [0, 0.1) is 5.92 Å². The number of fused-ring (bicyclic) bond motifs is 1. The lowest BCUT2D eigenvalue weighted by molar-refractivity contribution is 0.0546. The second kappa shape index (κ2) is 15.5. The van der Waals surface area contributed by atoms with Crippen LogP contribution in [-0.2, 0) is 13.0 Å². The molecule has 1 aliphatic rings. The average molecular weight is 610 g/mol. The summed E-state index contributed by atoms with van der Waals surface area (Å²) in [4.78, 5) is 32.3. The minimum atomic E-state index is -0.0990. The molecule has 4 aromatic rings. The normalized spacial score (nSPS) is 14.3. The van der Waals surface area contributed by atoms with E-state index in [0.717, 1.165) is 65.8 Å². The lowest BCUT2D eigenvalue weighted by Crippen LogP contribution is -2.47. The predicted octanol–water partition coefficient (Wildman–Crippen LogP) is 9.04. The molecule has 44 heavy (non-hydrogen) atoms. The molecule has 0 unspecified atom stereocenters. The molecular weight excluding hydrogens is 563 g/mol. The number of benzene rings is 3. The van der Waals surface area contributed by atoms with Crippen LogP contribution in [0.1, 0.15) is 90.5 Å². The summed E-state index contributed by atoms with van der Waals surface area (Å²) in [6.07, 6.45) is 7.88. The number of piperidine rings is 1. The standard InChI is InChI=1S/C38H47N3O2S/c1-4-5-6-9-29-12-16-31(17-13-29)38(43)41(34-21-24-40(25-22-34)23-20-28(2)3)27-30-14-18-33(19-15-30)39-37(42)36-26-32-10-7-8-11-35(32)44-36/h7-8,10-19,26,28,34H,4-6,9,20-25,27H2,1-3H3,(H,39,42). The van der Waals surface area contributed by atoms with Crippen molar-refractivity contribution < 1.29 is 9.59 Å². The predicted molar refractivity (Wildman–Crippen MR) is 185 cm³/mol. The Balaban J connectivity index is 1.27. The molecule has 3 aromatic carbocycles. The van der Waals surface area contributed by atoms with Crippen molar-refractivity contribution in [2.75, 3.05) is 25.0 Å². The van der Waals surface area contributed by atoms with Crippen molar-refractivity contribution in [2.45, 2.75) is 78.3 Å². The van der Waals surface area contributed by atoms with Crippen LogP contribution in [0.3, 0.4) is 0 Å². The highest BCUT2D eigenvalue weighted by molar-refractivity contribution is 7.20. The fourth-order valence-electron chi connectivity index (χ4n) is 6.00. The SMILES string of the molecule is CCCCCc1ccc(C(=O)N(Cc2ccc(NC(=O)c3cc4ccccc4s3)cc2)C2CCN(CCC(C)C)CC2)cc1. The van der Waals surface area contributed by atoms with Gasteiger partial charge in [0.1, 0.15) is 0 Å². The van der Waals surface area contributed by atoms with Gasteiger partial charge in [-0.1, -0.05) is 76.1 Å². The molecule has 0 spiro atoms. The Bertz CT molecular complexity index is 1470. The van der Waals surface area contributed by atoms with Crippen LogP contribution in [-0.4, -0.2) is 47.3 Å². The van der Waals surface area contributed by atoms with E-state index in [1.54, 1.807) is 0 Å². The van der Waals surface area contributed by atoms with Crippen LogP contribution < -0.4 is 5.32 Å². The second-order valence-corrected chi connectivity index (χ2v) is 13.7. The molecular formula is C38H47N3O2S. The van der Waals surface area contributed by atoms with Gasteiger partial charge in [-0.05, 0) is 97.5 Å². The monoisotopic (exact) mass is 609 g/mol. The fourth-order valence-corrected chi connectivity index (χ4v) is 6.96. The largest absolute Gasteiger partial charge is 0.331 e. The van der Waals surface area contributed by atoms with E-state index in [1.807, 2.05) is 66.7 Å². The molecule has 0 atom stereocenters. The van der Waals surface area contributed by atoms with Gasteiger partial charge in [0, 0.05) is 41.6 Å². The molecule has 1 N–H and O–H groups in total. The minimum Gasteiger partial charge on any atom is -0.331 e. The van der Waals surface area contributed by atoms with E-state index in [1.165, 1.54) is 42.6 Å². The topological polar surface area (TPSA) is 52.7 Å². The Labute approximate surface area is 267 Å². The van der Waals surface area contributed by atoms with E-state index in [0.29, 0.717) is 17.3 Å². The van der Waals surface area contributed by atoms with Gasteiger partial charge in [-0.3, -0.25) is 9.59 Å². The summed E-state index contributed by atoms with van der Waals surface area (Å²) in [5, 5.41) is 4.13. The van der Waals surface area contributed by atoms with E-state index in [4.69, 9.17) is 0 Å². The molecule has 0 saturated carbocycles. The Hall–Kier alpha value is -3.48. The van der Waals surface area contributed by atoms with Crippen molar-refractivity contribution in [3.63, 3.8) is 0 Å². The van der Waals surface area contributed by atoms with Crippen molar-refractivity contribution in [1.29, 1.82) is 0 Å². The summed E-state index contributed by atoms with van der Waals surface area (Å²) in [7, 11) is 0. The van der Waals surface area contributed by atoms with E-state index < -0.39 is 0 Å². The lowest BCUT2D eigenvalue weighted by atomic mass is 9.99. The fraction of sp³-hybridized carbons (Fsp3) is 0.421. The number of carbonyl (C=O) groups is 2. The molecule has 2 heterocycles. The highest BCUT2D eigenvalue weighted by Gasteiger charge is 2.29. The highest BCUT2D eigenvalue weighted by Crippen LogP contribution is 2.27. The van der Waals surface area contributed by atoms with Gasteiger partial charge in [-0.15, -0.1) is 11.3 Å². The third-order valence-corrected chi connectivity index (χ3v) is 9.88. The summed E-state index contributed by atoms with van der Waals surface area (Å²) in [5.41, 5.74) is 3.88. The van der Waals surface area contributed by atoms with E-state index in [2.05, 4.69) is 48.0 Å². The smallest absolute Gasteiger partial charge is 0.265 e. The number of aryl methyl sites for hydroxylation is 1. The van der Waals surface area contributed by atoms with E-state index in [-0.39, 0.29) is 17.9 Å². The van der Waals surface area contributed by atoms with Gasteiger partial charge in [0.15, 0.2) is 0 Å². The number of nitrogens with one attached hydrogen (secondary N) is 1. The number of nitrogens with zero attached hydrogens (tertiary/aromatic N) is 2. The maximum absolute atomic E-state index is 14.0. The third-order valence-electron chi connectivity index (χ3n) is 8.77. The molecule has 0 radical (unpaired) electrons. The number of hydrogen-bond acceptors (Lipinski definition) is 4. The molecule has 5 nitrogen and oxygen atoms in total. The molecule has 2 amide bonds. The van der Waals surface area contributed by atoms with Crippen molar-refractivity contribution >= 4 is 38.9 Å². The van der Waals surface area contributed by atoms with Crippen LogP contribution in [0.5, 0.6) is 0 Å². The number of likely N-dealkylation sites (tertiary alicyclic amines) is 1. The van der Waals surface area contributed by atoms with Crippen LogP contribution >= 0.6 is 11.3 Å². The quantitative estimate of drug-likeness (QED) is 0.154. The minimum absolute atomic E-state index is 0.0990. The second-order valence-electron chi connectivity index (χ2n) is 12.6. The van der Waals surface area contributed by atoms with E-state index >= 15 is 0 Å². The van der Waals surface area contributed by atoms with Gasteiger partial charge in [0.05, 0.1) is 4.88 Å². The Morgan fingerprint density at radius 2 is 1.64 bits per heavy atom. The molecule has 6 heteroatoms. The molecule has 1 saturated heterocycles. The van der Waals surface area contributed by atoms with Crippen LogP contribution in [0.4, 0.5) is 5.69 Å². The first-order chi connectivity index (χ1) is 21.4. The molecule has 1 aromatic heterocycles. The molecule has 0 aliphatic carbocycles. The summed E-state index contributed by atoms with van der Waals surface area (Å²) in [6, 6.07) is 26.5. The Kier molecular flexibility index (Phi) is 11.2. The van der Waals surface area contributed by atoms with Gasteiger partial charge >= 0.3 is 0 Å². The zero-order valence-corrected chi connectivity index (χ0v) is 27.4. The van der Waals surface area contributed by atoms with Crippen LogP contribution in [0.2, 0.25) is 0 Å². The highest BCUT2D eigenvalue weighted by atomic mass is 32.1.